The van der Waals surface area contributed by atoms with Crippen LogP contribution in [0.3, 0.4) is 0 Å². The minimum Gasteiger partial charge on any atom is -0.0654 e. The predicted molar refractivity (Wildman–Crippen MR) is 123 cm³/mol. The molecule has 2 aromatic rings. The van der Waals surface area contributed by atoms with Gasteiger partial charge in [0.2, 0.25) is 0 Å². The smallest absolute Gasteiger partial charge is 0.0159 e. The summed E-state index contributed by atoms with van der Waals surface area (Å²) < 4.78 is 0. The number of benzene rings is 2. The van der Waals surface area contributed by atoms with Crippen LogP contribution in [0, 0.1) is 5.92 Å². The zero-order chi connectivity index (χ0) is 19.8. The van der Waals surface area contributed by atoms with Crippen LogP contribution in [0.4, 0.5) is 0 Å². The third kappa shape index (κ3) is 5.72. The zero-order valence-electron chi connectivity index (χ0n) is 18.4. The van der Waals surface area contributed by atoms with Crippen molar-refractivity contribution in [2.45, 2.75) is 96.8 Å². The Balaban J connectivity index is 1.62. The monoisotopic (exact) mass is 376 g/mol. The van der Waals surface area contributed by atoms with Crippen molar-refractivity contribution in [1.82, 2.24) is 0 Å². The van der Waals surface area contributed by atoms with Gasteiger partial charge in [-0.15, -0.1) is 0 Å². The second-order valence-electron chi connectivity index (χ2n) is 9.13. The summed E-state index contributed by atoms with van der Waals surface area (Å²) in [5.74, 6) is 2.22. The summed E-state index contributed by atoms with van der Waals surface area (Å²) in [7, 11) is 0. The molecule has 1 aliphatic carbocycles. The van der Waals surface area contributed by atoms with E-state index < -0.39 is 0 Å². The third-order valence-electron chi connectivity index (χ3n) is 7.02. The Morgan fingerprint density at radius 2 is 1.57 bits per heavy atom. The van der Waals surface area contributed by atoms with Gasteiger partial charge in [0, 0.05) is 0 Å². The molecule has 0 saturated heterocycles. The van der Waals surface area contributed by atoms with Crippen LogP contribution in [-0.4, -0.2) is 0 Å². The Morgan fingerprint density at radius 3 is 2.21 bits per heavy atom. The van der Waals surface area contributed by atoms with Crippen molar-refractivity contribution >= 4 is 0 Å². The lowest BCUT2D eigenvalue weighted by Gasteiger charge is -2.27. The van der Waals surface area contributed by atoms with Crippen LogP contribution < -0.4 is 0 Å². The highest BCUT2D eigenvalue weighted by molar-refractivity contribution is 5.39. The van der Waals surface area contributed by atoms with Crippen molar-refractivity contribution in [3.05, 3.63) is 70.8 Å². The van der Waals surface area contributed by atoms with Crippen molar-refractivity contribution in [3.8, 4) is 0 Å². The summed E-state index contributed by atoms with van der Waals surface area (Å²) in [5.41, 5.74) is 6.32. The number of hydrogen-bond donors (Lipinski definition) is 0. The minimum atomic E-state index is 0.673. The molecule has 0 spiro atoms. The van der Waals surface area contributed by atoms with Gasteiger partial charge in [-0.05, 0) is 72.1 Å². The molecule has 0 N–H and O–H groups in total. The fraction of sp³-hybridized carbons (Fsp3) is 0.571. The van der Waals surface area contributed by atoms with Gasteiger partial charge in [0.1, 0.15) is 0 Å². The summed E-state index contributed by atoms with van der Waals surface area (Å²) >= 11 is 0. The molecular formula is C28H40. The lowest BCUT2D eigenvalue weighted by Crippen LogP contribution is -2.13. The number of hydrogen-bond acceptors (Lipinski definition) is 0. The van der Waals surface area contributed by atoms with Crippen LogP contribution >= 0.6 is 0 Å². The predicted octanol–water partition coefficient (Wildman–Crippen LogP) is 8.45. The highest BCUT2D eigenvalue weighted by atomic mass is 14.3. The summed E-state index contributed by atoms with van der Waals surface area (Å²) in [6.07, 6.45) is 13.4. The maximum atomic E-state index is 2.50. The normalized spacial score (nSPS) is 16.1. The van der Waals surface area contributed by atoms with Crippen molar-refractivity contribution in [2.24, 2.45) is 5.92 Å². The molecule has 2 aromatic carbocycles. The molecule has 0 nitrogen and oxygen atoms in total. The maximum Gasteiger partial charge on any atom is -0.0159 e. The number of unbranched alkanes of at least 4 members (excludes halogenated alkanes) is 3. The number of fused-ring (bicyclic) bond motifs is 1. The van der Waals surface area contributed by atoms with Gasteiger partial charge >= 0.3 is 0 Å². The molecule has 0 amide bonds. The standard InChI is InChI=1S/C28H40/c1-4-6-7-9-14-27(24-12-10-8-11-13-24)20-23(5-2)19-22(3)26-17-15-25-16-18-28(25)21-26/h8,10-13,15,17,21-23,27H,4-7,9,14,16,18-20H2,1-3H3. The number of aryl methyl sites for hydroxylation is 2. The van der Waals surface area contributed by atoms with Crippen LogP contribution in [0.25, 0.3) is 0 Å². The van der Waals surface area contributed by atoms with Crippen molar-refractivity contribution in [1.29, 1.82) is 0 Å². The summed E-state index contributed by atoms with van der Waals surface area (Å²) in [5, 5.41) is 0. The van der Waals surface area contributed by atoms with E-state index in [0.29, 0.717) is 5.92 Å². The van der Waals surface area contributed by atoms with E-state index in [1.54, 1.807) is 22.3 Å². The molecule has 28 heavy (non-hydrogen) atoms. The molecule has 1 aliphatic rings. The van der Waals surface area contributed by atoms with Gasteiger partial charge in [-0.1, -0.05) is 101 Å². The van der Waals surface area contributed by atoms with Crippen LogP contribution in [0.15, 0.2) is 48.5 Å². The van der Waals surface area contributed by atoms with E-state index in [0.717, 1.165) is 11.8 Å². The highest BCUT2D eigenvalue weighted by Gasteiger charge is 2.21. The fourth-order valence-electron chi connectivity index (χ4n) is 4.95. The van der Waals surface area contributed by atoms with Gasteiger partial charge in [0.25, 0.3) is 0 Å². The molecule has 0 heterocycles. The van der Waals surface area contributed by atoms with Crippen LogP contribution in [0.1, 0.15) is 106 Å². The molecule has 0 heteroatoms. The molecule has 0 saturated carbocycles. The topological polar surface area (TPSA) is 0 Å². The average Bonchev–Trinajstić information content (AvgIpc) is 2.71. The van der Waals surface area contributed by atoms with E-state index >= 15 is 0 Å². The summed E-state index contributed by atoms with van der Waals surface area (Å²) in [6.45, 7) is 7.15. The van der Waals surface area contributed by atoms with Gasteiger partial charge in [-0.3, -0.25) is 0 Å². The van der Waals surface area contributed by atoms with Crippen molar-refractivity contribution in [3.63, 3.8) is 0 Å². The van der Waals surface area contributed by atoms with Gasteiger partial charge in [0.05, 0.1) is 0 Å². The Kier molecular flexibility index (Phi) is 8.19. The number of rotatable bonds is 12. The van der Waals surface area contributed by atoms with E-state index in [9.17, 15) is 0 Å². The fourth-order valence-corrected chi connectivity index (χ4v) is 4.95. The zero-order valence-corrected chi connectivity index (χ0v) is 18.4. The molecule has 3 rings (SSSR count). The molecule has 3 atom stereocenters. The molecule has 0 radical (unpaired) electrons. The van der Waals surface area contributed by atoms with Crippen LogP contribution in [0.5, 0.6) is 0 Å². The van der Waals surface area contributed by atoms with Crippen LogP contribution in [0.2, 0.25) is 0 Å². The largest absolute Gasteiger partial charge is 0.0654 e. The SMILES string of the molecule is CCCCCCC(CC(CC)CC(C)c1ccc2c(c1)CC2)c1ccccc1. The van der Waals surface area contributed by atoms with E-state index in [4.69, 9.17) is 0 Å². The van der Waals surface area contributed by atoms with Gasteiger partial charge in [-0.2, -0.15) is 0 Å². The van der Waals surface area contributed by atoms with Gasteiger partial charge in [-0.25, -0.2) is 0 Å². The Hall–Kier alpha value is -1.56. The molecular weight excluding hydrogens is 336 g/mol. The average molecular weight is 377 g/mol. The molecule has 3 unspecified atom stereocenters. The summed E-state index contributed by atoms with van der Waals surface area (Å²) in [4.78, 5) is 0. The second-order valence-corrected chi connectivity index (χ2v) is 9.13. The lowest BCUT2D eigenvalue weighted by atomic mass is 9.78. The van der Waals surface area contributed by atoms with E-state index in [2.05, 4.69) is 69.3 Å². The first-order valence-electron chi connectivity index (χ1n) is 11.9. The first kappa shape index (κ1) is 21.2. The minimum absolute atomic E-state index is 0.673. The lowest BCUT2D eigenvalue weighted by molar-refractivity contribution is 0.359. The highest BCUT2D eigenvalue weighted by Crippen LogP contribution is 2.36. The van der Waals surface area contributed by atoms with Gasteiger partial charge < -0.3 is 0 Å². The van der Waals surface area contributed by atoms with Crippen molar-refractivity contribution < 1.29 is 0 Å². The Morgan fingerprint density at radius 1 is 0.786 bits per heavy atom. The van der Waals surface area contributed by atoms with Crippen LogP contribution in [-0.2, 0) is 12.8 Å². The maximum absolute atomic E-state index is 2.50. The first-order chi connectivity index (χ1) is 13.7. The Labute approximate surface area is 173 Å². The third-order valence-corrected chi connectivity index (χ3v) is 7.02. The second kappa shape index (κ2) is 10.8. The van der Waals surface area contributed by atoms with E-state index in [-0.39, 0.29) is 0 Å². The molecule has 0 aromatic heterocycles. The molecule has 0 aliphatic heterocycles. The molecule has 0 fully saturated rings. The molecule has 0 bridgehead atoms. The van der Waals surface area contributed by atoms with E-state index in [1.165, 1.54) is 64.2 Å². The van der Waals surface area contributed by atoms with E-state index in [1.807, 2.05) is 0 Å². The quantitative estimate of drug-likeness (QED) is 0.326. The Bertz CT molecular complexity index is 699. The van der Waals surface area contributed by atoms with Crippen molar-refractivity contribution in [2.75, 3.05) is 0 Å². The first-order valence-corrected chi connectivity index (χ1v) is 11.9. The van der Waals surface area contributed by atoms with Gasteiger partial charge in [0.15, 0.2) is 0 Å². The molecule has 152 valence electrons. The summed E-state index contributed by atoms with van der Waals surface area (Å²) in [6, 6.07) is 18.6.